The summed E-state index contributed by atoms with van der Waals surface area (Å²) >= 11 is 0. The lowest BCUT2D eigenvalue weighted by Crippen LogP contribution is -2.36. The fourth-order valence-electron chi connectivity index (χ4n) is 3.84. The van der Waals surface area contributed by atoms with Gasteiger partial charge in [0.25, 0.3) is 0 Å². The van der Waals surface area contributed by atoms with Gasteiger partial charge in [-0.3, -0.25) is 4.79 Å². The Labute approximate surface area is 183 Å². The number of nitrogens with zero attached hydrogens (tertiary/aromatic N) is 2. The van der Waals surface area contributed by atoms with Crippen molar-refractivity contribution in [3.8, 4) is 17.2 Å². The van der Waals surface area contributed by atoms with E-state index < -0.39 is 0 Å². The van der Waals surface area contributed by atoms with Crippen molar-refractivity contribution in [3.05, 3.63) is 59.7 Å². The first-order chi connectivity index (χ1) is 15.0. The maximum Gasteiger partial charge on any atom is 0.234 e. The van der Waals surface area contributed by atoms with E-state index in [-0.39, 0.29) is 24.1 Å². The molecule has 0 bridgehead atoms. The monoisotopic (exact) mass is 423 g/mol. The Kier molecular flexibility index (Phi) is 7.18. The van der Waals surface area contributed by atoms with E-state index in [9.17, 15) is 9.90 Å². The smallest absolute Gasteiger partial charge is 0.234 e. The highest BCUT2D eigenvalue weighted by atomic mass is 16.5. The van der Waals surface area contributed by atoms with Crippen molar-refractivity contribution in [3.63, 3.8) is 0 Å². The van der Waals surface area contributed by atoms with Gasteiger partial charge in [-0.05, 0) is 54.7 Å². The average Bonchev–Trinajstić information content (AvgIpc) is 3.22. The summed E-state index contributed by atoms with van der Waals surface area (Å²) in [5.41, 5.74) is 5.87. The number of ether oxygens (including phenoxy) is 2. The Bertz CT molecular complexity index is 987. The van der Waals surface area contributed by atoms with E-state index in [0.717, 1.165) is 11.1 Å². The van der Waals surface area contributed by atoms with Crippen LogP contribution in [0.25, 0.3) is 0 Å². The minimum atomic E-state index is -0.354. The maximum atomic E-state index is 13.8. The Hall–Kier alpha value is -3.48. The van der Waals surface area contributed by atoms with E-state index in [1.165, 1.54) is 0 Å². The number of nitrogens with one attached hydrogen (secondary N) is 1. The van der Waals surface area contributed by atoms with E-state index >= 15 is 0 Å². The molecule has 3 rings (SSSR count). The molecule has 2 aromatic rings. The number of aromatic hydroxyl groups is 1. The van der Waals surface area contributed by atoms with Gasteiger partial charge in [-0.1, -0.05) is 18.7 Å². The fraction of sp³-hybridized carbons (Fsp3) is 0.333. The number of anilines is 1. The number of phenols is 1. The number of methoxy groups -OCH3 is 2. The van der Waals surface area contributed by atoms with Crippen LogP contribution in [0.5, 0.6) is 17.2 Å². The van der Waals surface area contributed by atoms with Crippen molar-refractivity contribution >= 4 is 17.8 Å². The average molecular weight is 424 g/mol. The molecular formula is C24H29N3O4. The SMILES string of the molecule is C=C(/C=N\NCC)CN(C(=O)C1CCc2c(O)cccc21)c1ccc(OC)cc1OC. The first kappa shape index (κ1) is 22.2. The first-order valence-electron chi connectivity index (χ1n) is 10.3. The van der Waals surface area contributed by atoms with Crippen LogP contribution in [-0.2, 0) is 11.2 Å². The second-order valence-corrected chi connectivity index (χ2v) is 7.33. The molecule has 1 amide bonds. The number of amides is 1. The molecule has 31 heavy (non-hydrogen) atoms. The number of rotatable bonds is 9. The minimum absolute atomic E-state index is 0.0779. The number of benzene rings is 2. The van der Waals surface area contributed by atoms with Crippen LogP contribution in [-0.4, -0.2) is 44.5 Å². The zero-order valence-corrected chi connectivity index (χ0v) is 18.2. The largest absolute Gasteiger partial charge is 0.508 e. The van der Waals surface area contributed by atoms with Crippen molar-refractivity contribution in [2.75, 3.05) is 32.2 Å². The van der Waals surface area contributed by atoms with E-state index in [1.54, 1.807) is 49.6 Å². The third-order valence-corrected chi connectivity index (χ3v) is 5.35. The molecule has 7 nitrogen and oxygen atoms in total. The van der Waals surface area contributed by atoms with Gasteiger partial charge in [0.2, 0.25) is 5.91 Å². The van der Waals surface area contributed by atoms with Crippen molar-refractivity contribution in [2.24, 2.45) is 5.10 Å². The molecule has 0 aliphatic heterocycles. The van der Waals surface area contributed by atoms with Crippen LogP contribution < -0.4 is 19.8 Å². The molecule has 0 saturated heterocycles. The molecule has 0 saturated carbocycles. The molecule has 0 spiro atoms. The van der Waals surface area contributed by atoms with Crippen molar-refractivity contribution in [1.82, 2.24) is 5.43 Å². The van der Waals surface area contributed by atoms with Crippen LogP contribution in [0.15, 0.2) is 53.7 Å². The highest BCUT2D eigenvalue weighted by Crippen LogP contribution is 2.41. The van der Waals surface area contributed by atoms with Crippen LogP contribution in [0, 0.1) is 0 Å². The molecule has 0 heterocycles. The Balaban J connectivity index is 1.98. The van der Waals surface area contributed by atoms with Crippen molar-refractivity contribution in [1.29, 1.82) is 0 Å². The molecule has 1 aliphatic carbocycles. The molecule has 1 atom stereocenters. The Morgan fingerprint density at radius 1 is 1.32 bits per heavy atom. The standard InChI is InChI=1S/C24H29N3O4/c1-5-25-26-14-16(2)15-27(21-12-9-17(30-3)13-23(21)31-4)24(29)20-11-10-19-18(20)7-6-8-22(19)28/h6-9,12-14,20,25,28H,2,5,10-11,15H2,1,3-4H3/b26-14-. The molecule has 0 fully saturated rings. The van der Waals surface area contributed by atoms with E-state index in [2.05, 4.69) is 17.1 Å². The molecule has 0 aromatic heterocycles. The summed E-state index contributed by atoms with van der Waals surface area (Å²) in [6.07, 6.45) is 2.92. The molecule has 2 aromatic carbocycles. The van der Waals surface area contributed by atoms with Gasteiger partial charge in [-0.2, -0.15) is 5.10 Å². The second kappa shape index (κ2) is 10.0. The summed E-state index contributed by atoms with van der Waals surface area (Å²) in [6, 6.07) is 10.7. The number of hydrogen-bond acceptors (Lipinski definition) is 6. The quantitative estimate of drug-likeness (QED) is 0.475. The number of fused-ring (bicyclic) bond motifs is 1. The van der Waals surface area contributed by atoms with E-state index in [1.807, 2.05) is 19.1 Å². The summed E-state index contributed by atoms with van der Waals surface area (Å²) in [7, 11) is 3.14. The van der Waals surface area contributed by atoms with E-state index in [4.69, 9.17) is 9.47 Å². The lowest BCUT2D eigenvalue weighted by Gasteiger charge is -2.28. The summed E-state index contributed by atoms with van der Waals surface area (Å²) in [4.78, 5) is 15.4. The third-order valence-electron chi connectivity index (χ3n) is 5.35. The molecule has 0 radical (unpaired) electrons. The van der Waals surface area contributed by atoms with Gasteiger partial charge in [-0.25, -0.2) is 0 Å². The summed E-state index contributed by atoms with van der Waals surface area (Å²) in [5, 5.41) is 14.3. The van der Waals surface area contributed by atoms with Gasteiger partial charge >= 0.3 is 0 Å². The number of hydrazone groups is 1. The normalized spacial score (nSPS) is 14.9. The topological polar surface area (TPSA) is 83.4 Å². The van der Waals surface area contributed by atoms with Crippen LogP contribution in [0.2, 0.25) is 0 Å². The minimum Gasteiger partial charge on any atom is -0.508 e. The highest BCUT2D eigenvalue weighted by molar-refractivity contribution is 6.01. The van der Waals surface area contributed by atoms with Gasteiger partial charge < -0.3 is 24.9 Å². The van der Waals surface area contributed by atoms with Gasteiger partial charge in [0.1, 0.15) is 17.2 Å². The van der Waals surface area contributed by atoms with Gasteiger partial charge in [-0.15, -0.1) is 0 Å². The van der Waals surface area contributed by atoms with Gasteiger partial charge in [0.15, 0.2) is 0 Å². The van der Waals surface area contributed by atoms with Crippen LogP contribution >= 0.6 is 0 Å². The van der Waals surface area contributed by atoms with Crippen molar-refractivity contribution < 1.29 is 19.4 Å². The van der Waals surface area contributed by atoms with Crippen molar-refractivity contribution in [2.45, 2.75) is 25.7 Å². The zero-order chi connectivity index (χ0) is 22.4. The van der Waals surface area contributed by atoms with Gasteiger partial charge in [0, 0.05) is 12.6 Å². The number of carbonyl (C=O) groups is 1. The molecule has 1 unspecified atom stereocenters. The number of phenolic OH excluding ortho intramolecular Hbond substituents is 1. The Morgan fingerprint density at radius 3 is 2.84 bits per heavy atom. The zero-order valence-electron chi connectivity index (χ0n) is 18.2. The number of hydrogen-bond donors (Lipinski definition) is 2. The number of carbonyl (C=O) groups excluding carboxylic acids is 1. The highest BCUT2D eigenvalue weighted by Gasteiger charge is 2.34. The van der Waals surface area contributed by atoms with Crippen LogP contribution in [0.1, 0.15) is 30.4 Å². The molecule has 7 heteroatoms. The predicted molar refractivity (Wildman–Crippen MR) is 122 cm³/mol. The predicted octanol–water partition coefficient (Wildman–Crippen LogP) is 3.62. The lowest BCUT2D eigenvalue weighted by molar-refractivity contribution is -0.119. The third kappa shape index (κ3) is 4.82. The molecular weight excluding hydrogens is 394 g/mol. The van der Waals surface area contributed by atoms with Crippen LogP contribution in [0.4, 0.5) is 5.69 Å². The molecule has 1 aliphatic rings. The van der Waals surface area contributed by atoms with Gasteiger partial charge in [0.05, 0.1) is 38.6 Å². The Morgan fingerprint density at radius 2 is 2.13 bits per heavy atom. The molecule has 164 valence electrons. The first-order valence-corrected chi connectivity index (χ1v) is 10.3. The second-order valence-electron chi connectivity index (χ2n) is 7.33. The van der Waals surface area contributed by atoms with Crippen LogP contribution in [0.3, 0.4) is 0 Å². The lowest BCUT2D eigenvalue weighted by atomic mass is 9.98. The summed E-state index contributed by atoms with van der Waals surface area (Å²) in [6.45, 7) is 6.96. The fourth-order valence-corrected chi connectivity index (χ4v) is 3.84. The molecule has 2 N–H and O–H groups in total. The van der Waals surface area contributed by atoms with E-state index in [0.29, 0.717) is 42.1 Å². The maximum absolute atomic E-state index is 13.8. The summed E-state index contributed by atoms with van der Waals surface area (Å²) in [5.74, 6) is 0.969. The summed E-state index contributed by atoms with van der Waals surface area (Å²) < 4.78 is 10.9.